The highest BCUT2D eigenvalue weighted by Gasteiger charge is 2.23. The van der Waals surface area contributed by atoms with Gasteiger partial charge < -0.3 is 15.2 Å². The molecule has 9 nitrogen and oxygen atoms in total. The number of nitrogens with one attached hydrogen (secondary N) is 1. The SMILES string of the molecule is CCOc1cccc(NC(=O)c2cc3ccccc3c(N=Nc3ccc(Cl)c(C)c3S(=O)(=O)O)c2O)c1Cl. The summed E-state index contributed by atoms with van der Waals surface area (Å²) in [5.74, 6) is -0.792. The minimum atomic E-state index is -4.70. The average molecular weight is 574 g/mol. The molecule has 0 saturated heterocycles. The number of hydrogen-bond donors (Lipinski definition) is 3. The van der Waals surface area contributed by atoms with Crippen LogP contribution in [-0.4, -0.2) is 30.6 Å². The molecule has 0 unspecified atom stereocenters. The van der Waals surface area contributed by atoms with Crippen LogP contribution in [0.4, 0.5) is 17.1 Å². The van der Waals surface area contributed by atoms with Crippen molar-refractivity contribution in [3.63, 3.8) is 0 Å². The van der Waals surface area contributed by atoms with Crippen LogP contribution in [0.5, 0.6) is 11.5 Å². The van der Waals surface area contributed by atoms with Crippen molar-refractivity contribution in [1.82, 2.24) is 0 Å². The first-order valence-corrected chi connectivity index (χ1v) is 13.4. The number of benzene rings is 4. The summed E-state index contributed by atoms with van der Waals surface area (Å²) in [6.07, 6.45) is 0. The minimum Gasteiger partial charge on any atom is -0.505 e. The molecule has 4 aromatic carbocycles. The van der Waals surface area contributed by atoms with Gasteiger partial charge in [-0.05, 0) is 55.1 Å². The smallest absolute Gasteiger partial charge is 0.297 e. The van der Waals surface area contributed by atoms with E-state index >= 15 is 0 Å². The second kappa shape index (κ2) is 11.0. The van der Waals surface area contributed by atoms with Crippen molar-refractivity contribution in [2.45, 2.75) is 18.7 Å². The van der Waals surface area contributed by atoms with Gasteiger partial charge in [-0.15, -0.1) is 10.2 Å². The van der Waals surface area contributed by atoms with Crippen molar-refractivity contribution >= 4 is 67.1 Å². The number of hydrogen-bond acceptors (Lipinski definition) is 7. The second-order valence-electron chi connectivity index (χ2n) is 8.04. The number of fused-ring (bicyclic) bond motifs is 1. The molecule has 0 radical (unpaired) electrons. The lowest BCUT2D eigenvalue weighted by atomic mass is 10.0. The Kier molecular flexibility index (Phi) is 7.89. The van der Waals surface area contributed by atoms with Crippen molar-refractivity contribution in [3.05, 3.63) is 81.8 Å². The first kappa shape index (κ1) is 27.3. The summed E-state index contributed by atoms with van der Waals surface area (Å²) in [6, 6.07) is 15.9. The summed E-state index contributed by atoms with van der Waals surface area (Å²) in [6.45, 7) is 3.59. The molecule has 0 heterocycles. The number of nitrogens with zero attached hydrogens (tertiary/aromatic N) is 2. The topological polar surface area (TPSA) is 138 Å². The number of phenols is 1. The number of carbonyl (C=O) groups excluding carboxylic acids is 1. The molecule has 4 aromatic rings. The van der Waals surface area contributed by atoms with Crippen LogP contribution in [0.1, 0.15) is 22.8 Å². The van der Waals surface area contributed by atoms with Gasteiger partial charge in [0, 0.05) is 10.4 Å². The van der Waals surface area contributed by atoms with Crippen molar-refractivity contribution < 1.29 is 27.6 Å². The van der Waals surface area contributed by atoms with E-state index in [4.69, 9.17) is 27.9 Å². The van der Waals surface area contributed by atoms with Crippen LogP contribution in [-0.2, 0) is 10.1 Å². The molecule has 0 saturated carbocycles. The molecule has 4 rings (SSSR count). The van der Waals surface area contributed by atoms with Crippen LogP contribution in [0.15, 0.2) is 75.8 Å². The van der Waals surface area contributed by atoms with E-state index in [0.717, 1.165) is 0 Å². The highest BCUT2D eigenvalue weighted by atomic mass is 35.5. The van der Waals surface area contributed by atoms with Crippen LogP contribution in [0.25, 0.3) is 10.8 Å². The van der Waals surface area contributed by atoms with Gasteiger partial charge in [-0.3, -0.25) is 9.35 Å². The number of aromatic hydroxyl groups is 1. The van der Waals surface area contributed by atoms with Crippen molar-refractivity contribution in [3.8, 4) is 11.5 Å². The number of anilines is 1. The van der Waals surface area contributed by atoms with Gasteiger partial charge in [-0.25, -0.2) is 0 Å². The van der Waals surface area contributed by atoms with Crippen molar-refractivity contribution in [1.29, 1.82) is 0 Å². The first-order valence-electron chi connectivity index (χ1n) is 11.2. The third kappa shape index (κ3) is 5.44. The zero-order chi connectivity index (χ0) is 27.6. The summed E-state index contributed by atoms with van der Waals surface area (Å²) in [4.78, 5) is 12.7. The number of carbonyl (C=O) groups is 1. The highest BCUT2D eigenvalue weighted by molar-refractivity contribution is 7.86. The quantitative estimate of drug-likeness (QED) is 0.155. The zero-order valence-electron chi connectivity index (χ0n) is 20.1. The van der Waals surface area contributed by atoms with E-state index in [1.54, 1.807) is 49.4 Å². The summed E-state index contributed by atoms with van der Waals surface area (Å²) < 4.78 is 39.2. The molecule has 0 aliphatic rings. The van der Waals surface area contributed by atoms with Crippen LogP contribution < -0.4 is 10.1 Å². The number of azo groups is 1. The highest BCUT2D eigenvalue weighted by Crippen LogP contribution is 2.41. The summed E-state index contributed by atoms with van der Waals surface area (Å²) in [5, 5.41) is 23.1. The fourth-order valence-corrected chi connectivity index (χ4v) is 5.13. The zero-order valence-corrected chi connectivity index (χ0v) is 22.4. The number of halogens is 2. The fourth-order valence-electron chi connectivity index (χ4n) is 3.82. The number of rotatable bonds is 7. The lowest BCUT2D eigenvalue weighted by Crippen LogP contribution is -2.13. The Bertz CT molecular complexity index is 1710. The molecule has 0 bridgehead atoms. The van der Waals surface area contributed by atoms with Gasteiger partial charge in [0.05, 0.1) is 17.9 Å². The van der Waals surface area contributed by atoms with Gasteiger partial charge in [0.1, 0.15) is 27.0 Å². The Morgan fingerprint density at radius 2 is 1.79 bits per heavy atom. The van der Waals surface area contributed by atoms with E-state index in [-0.39, 0.29) is 38.2 Å². The molecule has 38 heavy (non-hydrogen) atoms. The predicted octanol–water partition coefficient (Wildman–Crippen LogP) is 7.47. The monoisotopic (exact) mass is 573 g/mol. The molecule has 0 spiro atoms. The summed E-state index contributed by atoms with van der Waals surface area (Å²) >= 11 is 12.4. The van der Waals surface area contributed by atoms with Crippen LogP contribution >= 0.6 is 23.2 Å². The van der Waals surface area contributed by atoms with Gasteiger partial charge in [-0.1, -0.05) is 53.5 Å². The Labute approximate surface area is 228 Å². The van der Waals surface area contributed by atoms with Crippen molar-refractivity contribution in [2.75, 3.05) is 11.9 Å². The molecule has 0 aromatic heterocycles. The lowest BCUT2D eigenvalue weighted by Gasteiger charge is -2.13. The molecule has 0 atom stereocenters. The summed E-state index contributed by atoms with van der Waals surface area (Å²) in [5.41, 5.74) is -0.0619. The fraction of sp³-hybridized carbons (Fsp3) is 0.115. The third-order valence-corrected chi connectivity index (χ3v) is 7.42. The molecule has 0 aliphatic heterocycles. The van der Waals surface area contributed by atoms with E-state index in [1.165, 1.54) is 25.1 Å². The number of amides is 1. The van der Waals surface area contributed by atoms with Gasteiger partial charge in [-0.2, -0.15) is 8.42 Å². The average Bonchev–Trinajstić information content (AvgIpc) is 2.86. The Hall–Kier alpha value is -3.70. The van der Waals surface area contributed by atoms with E-state index in [2.05, 4.69) is 15.5 Å². The molecular weight excluding hydrogens is 553 g/mol. The van der Waals surface area contributed by atoms with Crippen LogP contribution in [0, 0.1) is 6.92 Å². The van der Waals surface area contributed by atoms with E-state index in [0.29, 0.717) is 23.1 Å². The molecule has 0 aliphatic carbocycles. The van der Waals surface area contributed by atoms with Gasteiger partial charge in [0.2, 0.25) is 0 Å². The predicted molar refractivity (Wildman–Crippen MR) is 146 cm³/mol. The molecule has 12 heteroatoms. The third-order valence-electron chi connectivity index (χ3n) is 5.59. The normalized spacial score (nSPS) is 11.7. The molecule has 196 valence electrons. The van der Waals surface area contributed by atoms with Gasteiger partial charge in [0.25, 0.3) is 16.0 Å². The Morgan fingerprint density at radius 1 is 1.05 bits per heavy atom. The second-order valence-corrected chi connectivity index (χ2v) is 10.2. The van der Waals surface area contributed by atoms with Crippen LogP contribution in [0.3, 0.4) is 0 Å². The van der Waals surface area contributed by atoms with Gasteiger partial charge in [0.15, 0.2) is 5.75 Å². The number of phenolic OH excluding ortho intramolecular Hbond substituents is 1. The maximum atomic E-state index is 13.2. The molecular formula is C26H21Cl2N3O6S. The Morgan fingerprint density at radius 3 is 2.50 bits per heavy atom. The molecule has 0 fully saturated rings. The Balaban J connectivity index is 1.82. The maximum Gasteiger partial charge on any atom is 0.297 e. The van der Waals surface area contributed by atoms with E-state index in [1.807, 2.05) is 0 Å². The molecule has 3 N–H and O–H groups in total. The van der Waals surface area contributed by atoms with Crippen molar-refractivity contribution in [2.24, 2.45) is 10.2 Å². The van der Waals surface area contributed by atoms with Gasteiger partial charge >= 0.3 is 0 Å². The lowest BCUT2D eigenvalue weighted by molar-refractivity contribution is 0.102. The summed E-state index contributed by atoms with van der Waals surface area (Å²) in [7, 11) is -4.70. The number of ether oxygens (including phenoxy) is 1. The standard InChI is InChI=1S/C26H21Cl2N3O6S/c1-3-37-21-10-6-9-19(22(21)28)29-26(33)17-13-15-7-4-5-8-16(15)23(24(17)32)31-30-20-12-11-18(27)14(2)25(20)38(34,35)36/h4-13,32H,3H2,1-2H3,(H,29,33)(H,34,35,36). The van der Waals surface area contributed by atoms with E-state index in [9.17, 15) is 22.9 Å². The maximum absolute atomic E-state index is 13.2. The van der Waals surface area contributed by atoms with E-state index < -0.39 is 26.7 Å². The largest absolute Gasteiger partial charge is 0.505 e. The minimum absolute atomic E-state index is 0.0824. The first-order chi connectivity index (χ1) is 18.0. The van der Waals surface area contributed by atoms with Crippen LogP contribution in [0.2, 0.25) is 10.0 Å². The molecule has 1 amide bonds.